The third kappa shape index (κ3) is 5.90. The van der Waals surface area contributed by atoms with Gasteiger partial charge in [0.15, 0.2) is 17.6 Å². The third-order valence-corrected chi connectivity index (χ3v) is 6.13. The van der Waals surface area contributed by atoms with Gasteiger partial charge in [-0.25, -0.2) is 8.78 Å². The van der Waals surface area contributed by atoms with E-state index in [-0.39, 0.29) is 12.0 Å². The van der Waals surface area contributed by atoms with Gasteiger partial charge >= 0.3 is 0 Å². The van der Waals surface area contributed by atoms with E-state index >= 15 is 0 Å². The molecule has 2 N–H and O–H groups in total. The molecule has 30 heavy (non-hydrogen) atoms. The molecule has 0 bridgehead atoms. The Balaban J connectivity index is 1.37. The number of halogens is 2. The molecule has 1 saturated heterocycles. The lowest BCUT2D eigenvalue weighted by Crippen LogP contribution is -2.52. The van der Waals surface area contributed by atoms with Gasteiger partial charge in [-0.1, -0.05) is 18.9 Å². The van der Waals surface area contributed by atoms with Crippen LogP contribution in [0.4, 0.5) is 8.78 Å². The molecule has 1 aliphatic carbocycles. The van der Waals surface area contributed by atoms with Gasteiger partial charge in [-0.2, -0.15) is 0 Å². The van der Waals surface area contributed by atoms with Crippen LogP contribution in [0.1, 0.15) is 44.2 Å². The van der Waals surface area contributed by atoms with Gasteiger partial charge in [0.05, 0.1) is 6.04 Å². The van der Waals surface area contributed by atoms with Crippen LogP contribution in [0.15, 0.2) is 23.2 Å². The first-order valence-corrected chi connectivity index (χ1v) is 10.9. The maximum atomic E-state index is 13.5. The fraction of sp³-hybridized carbons (Fsp3) is 0.636. The summed E-state index contributed by atoms with van der Waals surface area (Å²) < 4.78 is 26.6. The SMILES string of the molecule is CN=C(NCCN1CCN(C(=O)C2CCCC2)CC1)NC(C)c1ccc(F)c(F)c1. The van der Waals surface area contributed by atoms with Crippen molar-refractivity contribution in [2.75, 3.05) is 46.3 Å². The zero-order chi connectivity index (χ0) is 21.5. The van der Waals surface area contributed by atoms with Crippen LogP contribution in [-0.4, -0.2) is 68.0 Å². The Morgan fingerprint density at radius 1 is 1.17 bits per heavy atom. The summed E-state index contributed by atoms with van der Waals surface area (Å²) in [7, 11) is 1.68. The quantitative estimate of drug-likeness (QED) is 0.548. The Bertz CT molecular complexity index is 743. The molecule has 0 aromatic heterocycles. The first-order chi connectivity index (χ1) is 14.5. The van der Waals surface area contributed by atoms with Crippen molar-refractivity contribution in [3.8, 4) is 0 Å². The molecule has 1 unspecified atom stereocenters. The molecule has 1 amide bonds. The Morgan fingerprint density at radius 3 is 2.50 bits per heavy atom. The first-order valence-electron chi connectivity index (χ1n) is 10.9. The molecule has 1 aliphatic heterocycles. The van der Waals surface area contributed by atoms with E-state index in [1.54, 1.807) is 13.1 Å². The van der Waals surface area contributed by atoms with Gasteiger partial charge in [0.2, 0.25) is 5.91 Å². The number of amides is 1. The molecule has 0 spiro atoms. The van der Waals surface area contributed by atoms with E-state index in [0.717, 1.165) is 51.6 Å². The molecule has 1 saturated carbocycles. The average molecular weight is 422 g/mol. The Labute approximate surface area is 177 Å². The second-order valence-electron chi connectivity index (χ2n) is 8.19. The topological polar surface area (TPSA) is 60.0 Å². The number of carbonyl (C=O) groups is 1. The van der Waals surface area contributed by atoms with Crippen LogP contribution in [-0.2, 0) is 4.79 Å². The van der Waals surface area contributed by atoms with Gasteiger partial charge in [0, 0.05) is 52.2 Å². The molecule has 6 nitrogen and oxygen atoms in total. The maximum absolute atomic E-state index is 13.5. The fourth-order valence-electron chi connectivity index (χ4n) is 4.22. The minimum absolute atomic E-state index is 0.212. The third-order valence-electron chi connectivity index (χ3n) is 6.13. The van der Waals surface area contributed by atoms with E-state index < -0.39 is 11.6 Å². The summed E-state index contributed by atoms with van der Waals surface area (Å²) in [6.45, 7) is 6.81. The molecule has 2 aliphatic rings. The highest BCUT2D eigenvalue weighted by Gasteiger charge is 2.29. The van der Waals surface area contributed by atoms with Crippen molar-refractivity contribution in [1.29, 1.82) is 0 Å². The highest BCUT2D eigenvalue weighted by Crippen LogP contribution is 2.26. The van der Waals surface area contributed by atoms with Crippen LogP contribution in [0.25, 0.3) is 0 Å². The van der Waals surface area contributed by atoms with Gasteiger partial charge in [-0.15, -0.1) is 0 Å². The second-order valence-corrected chi connectivity index (χ2v) is 8.19. The molecule has 1 aromatic rings. The Morgan fingerprint density at radius 2 is 1.87 bits per heavy atom. The number of aliphatic imine (C=N–C) groups is 1. The summed E-state index contributed by atoms with van der Waals surface area (Å²) >= 11 is 0. The summed E-state index contributed by atoms with van der Waals surface area (Å²) in [6.07, 6.45) is 4.48. The smallest absolute Gasteiger partial charge is 0.225 e. The van der Waals surface area contributed by atoms with Crippen LogP contribution in [0.2, 0.25) is 0 Å². The van der Waals surface area contributed by atoms with Crippen LogP contribution < -0.4 is 10.6 Å². The van der Waals surface area contributed by atoms with Crippen LogP contribution in [0, 0.1) is 17.6 Å². The fourth-order valence-corrected chi connectivity index (χ4v) is 4.22. The number of carbonyl (C=O) groups excluding carboxylic acids is 1. The second kappa shape index (κ2) is 10.7. The van der Waals surface area contributed by atoms with Crippen molar-refractivity contribution in [3.05, 3.63) is 35.4 Å². The van der Waals surface area contributed by atoms with Crippen molar-refractivity contribution < 1.29 is 13.6 Å². The number of benzene rings is 1. The molecule has 3 rings (SSSR count). The molecule has 166 valence electrons. The van der Waals surface area contributed by atoms with Crippen LogP contribution >= 0.6 is 0 Å². The summed E-state index contributed by atoms with van der Waals surface area (Å²) in [5.74, 6) is -0.485. The largest absolute Gasteiger partial charge is 0.355 e. The van der Waals surface area contributed by atoms with Gasteiger partial charge in [-0.05, 0) is 37.5 Å². The molecule has 1 atom stereocenters. The number of guanidine groups is 1. The van der Waals surface area contributed by atoms with E-state index in [1.807, 2.05) is 11.8 Å². The molecular formula is C22H33F2N5O. The molecule has 2 fully saturated rings. The molecule has 8 heteroatoms. The number of nitrogens with zero attached hydrogens (tertiary/aromatic N) is 3. The standard InChI is InChI=1S/C22H33F2N5O/c1-16(18-7-8-19(23)20(24)15-18)27-22(25-2)26-9-10-28-11-13-29(14-12-28)21(30)17-5-3-4-6-17/h7-8,15-17H,3-6,9-14H2,1-2H3,(H2,25,26,27). The Hall–Kier alpha value is -2.22. The molecule has 1 heterocycles. The minimum atomic E-state index is -0.852. The van der Waals surface area contributed by atoms with Gasteiger partial charge in [0.25, 0.3) is 0 Å². The predicted molar refractivity (Wildman–Crippen MR) is 114 cm³/mol. The van der Waals surface area contributed by atoms with E-state index in [9.17, 15) is 13.6 Å². The highest BCUT2D eigenvalue weighted by atomic mass is 19.2. The van der Waals surface area contributed by atoms with Crippen molar-refractivity contribution >= 4 is 11.9 Å². The van der Waals surface area contributed by atoms with Crippen molar-refractivity contribution in [2.24, 2.45) is 10.9 Å². The number of nitrogens with one attached hydrogen (secondary N) is 2. The number of hydrogen-bond donors (Lipinski definition) is 2. The average Bonchev–Trinajstić information content (AvgIpc) is 3.29. The van der Waals surface area contributed by atoms with E-state index in [4.69, 9.17) is 0 Å². The van der Waals surface area contributed by atoms with Crippen LogP contribution in [0.3, 0.4) is 0 Å². The van der Waals surface area contributed by atoms with Crippen molar-refractivity contribution in [2.45, 2.75) is 38.6 Å². The number of hydrogen-bond acceptors (Lipinski definition) is 3. The van der Waals surface area contributed by atoms with Crippen molar-refractivity contribution in [1.82, 2.24) is 20.4 Å². The van der Waals surface area contributed by atoms with Gasteiger partial charge in [0.1, 0.15) is 0 Å². The lowest BCUT2D eigenvalue weighted by molar-refractivity contribution is -0.137. The monoisotopic (exact) mass is 421 g/mol. The highest BCUT2D eigenvalue weighted by molar-refractivity contribution is 5.80. The molecule has 0 radical (unpaired) electrons. The molecular weight excluding hydrogens is 388 g/mol. The zero-order valence-corrected chi connectivity index (χ0v) is 18.0. The van der Waals surface area contributed by atoms with Crippen LogP contribution in [0.5, 0.6) is 0 Å². The maximum Gasteiger partial charge on any atom is 0.225 e. The normalized spacial score (nSPS) is 19.7. The number of rotatable bonds is 6. The summed E-state index contributed by atoms with van der Waals surface area (Å²) in [5.41, 5.74) is 0.653. The summed E-state index contributed by atoms with van der Waals surface area (Å²) in [5, 5.41) is 6.47. The van der Waals surface area contributed by atoms with E-state index in [2.05, 4.69) is 20.5 Å². The Kier molecular flexibility index (Phi) is 8.01. The van der Waals surface area contributed by atoms with Gasteiger partial charge in [-0.3, -0.25) is 14.7 Å². The predicted octanol–water partition coefficient (Wildman–Crippen LogP) is 2.53. The van der Waals surface area contributed by atoms with Gasteiger partial charge < -0.3 is 15.5 Å². The van der Waals surface area contributed by atoms with E-state index in [0.29, 0.717) is 24.0 Å². The van der Waals surface area contributed by atoms with E-state index in [1.165, 1.54) is 18.9 Å². The minimum Gasteiger partial charge on any atom is -0.355 e. The van der Waals surface area contributed by atoms with Crippen molar-refractivity contribution in [3.63, 3.8) is 0 Å². The molecule has 1 aromatic carbocycles. The summed E-state index contributed by atoms with van der Waals surface area (Å²) in [6, 6.07) is 3.69. The lowest BCUT2D eigenvalue weighted by atomic mass is 10.1. The lowest BCUT2D eigenvalue weighted by Gasteiger charge is -2.36. The summed E-state index contributed by atoms with van der Waals surface area (Å²) in [4.78, 5) is 21.1. The zero-order valence-electron chi connectivity index (χ0n) is 18.0. The number of piperazine rings is 1. The first kappa shape index (κ1) is 22.5.